The van der Waals surface area contributed by atoms with Gasteiger partial charge in [0, 0.05) is 12.3 Å². The summed E-state index contributed by atoms with van der Waals surface area (Å²) in [6.07, 6.45) is 6.98. The zero-order chi connectivity index (χ0) is 10.1. The van der Waals surface area contributed by atoms with Gasteiger partial charge in [-0.3, -0.25) is 0 Å². The highest BCUT2D eigenvalue weighted by Crippen LogP contribution is 2.41. The Labute approximate surface area is 85.0 Å². The van der Waals surface area contributed by atoms with Crippen molar-refractivity contribution >= 4 is 0 Å². The van der Waals surface area contributed by atoms with E-state index in [1.165, 1.54) is 5.57 Å². The molecule has 0 aliphatic heterocycles. The van der Waals surface area contributed by atoms with Gasteiger partial charge in [-0.1, -0.05) is 17.7 Å². The third kappa shape index (κ3) is 1.64. The Morgan fingerprint density at radius 1 is 1.43 bits per heavy atom. The van der Waals surface area contributed by atoms with E-state index in [1.54, 1.807) is 0 Å². The Hall–Kier alpha value is -0.600. The van der Waals surface area contributed by atoms with Gasteiger partial charge in [0.1, 0.15) is 0 Å². The quantitative estimate of drug-likeness (QED) is 0.656. The molecule has 2 heteroatoms. The van der Waals surface area contributed by atoms with Crippen LogP contribution in [0, 0.1) is 11.8 Å². The van der Waals surface area contributed by atoms with E-state index in [0.29, 0.717) is 12.3 Å². The van der Waals surface area contributed by atoms with Crippen LogP contribution in [0.1, 0.15) is 25.7 Å². The molecule has 1 fully saturated rings. The SMILES string of the molecule is C=CCC1=CC2C(O)CC(O)C2CC1. The molecule has 2 rings (SSSR count). The van der Waals surface area contributed by atoms with Crippen LogP contribution in [0.5, 0.6) is 0 Å². The van der Waals surface area contributed by atoms with Crippen LogP contribution < -0.4 is 0 Å². The molecule has 78 valence electrons. The number of hydrogen-bond donors (Lipinski definition) is 2. The molecular formula is C12H18O2. The number of rotatable bonds is 2. The molecule has 0 aromatic rings. The molecule has 2 nitrogen and oxygen atoms in total. The Morgan fingerprint density at radius 3 is 2.93 bits per heavy atom. The molecule has 0 aromatic carbocycles. The number of fused-ring (bicyclic) bond motifs is 1. The van der Waals surface area contributed by atoms with Gasteiger partial charge < -0.3 is 10.2 Å². The monoisotopic (exact) mass is 194 g/mol. The maximum atomic E-state index is 9.75. The molecule has 0 spiro atoms. The Kier molecular flexibility index (Phi) is 2.75. The smallest absolute Gasteiger partial charge is 0.0631 e. The first-order valence-electron chi connectivity index (χ1n) is 5.39. The molecule has 4 unspecified atom stereocenters. The lowest BCUT2D eigenvalue weighted by Gasteiger charge is -2.26. The van der Waals surface area contributed by atoms with Gasteiger partial charge in [-0.15, -0.1) is 6.58 Å². The minimum Gasteiger partial charge on any atom is -0.393 e. The maximum Gasteiger partial charge on any atom is 0.0631 e. The molecular weight excluding hydrogens is 176 g/mol. The minimum atomic E-state index is -0.338. The Morgan fingerprint density at radius 2 is 2.21 bits per heavy atom. The summed E-state index contributed by atoms with van der Waals surface area (Å²) in [5, 5.41) is 19.5. The van der Waals surface area contributed by atoms with Crippen LogP contribution in [-0.2, 0) is 0 Å². The molecule has 2 N–H and O–H groups in total. The fourth-order valence-electron chi connectivity index (χ4n) is 2.80. The molecule has 2 aliphatic rings. The van der Waals surface area contributed by atoms with Gasteiger partial charge in [0.15, 0.2) is 0 Å². The summed E-state index contributed by atoms with van der Waals surface area (Å²) >= 11 is 0. The number of aliphatic hydroxyl groups is 2. The van der Waals surface area contributed by atoms with Crippen molar-refractivity contribution in [2.75, 3.05) is 0 Å². The van der Waals surface area contributed by atoms with E-state index in [-0.39, 0.29) is 18.1 Å². The summed E-state index contributed by atoms with van der Waals surface area (Å²) in [4.78, 5) is 0. The summed E-state index contributed by atoms with van der Waals surface area (Å²) in [6.45, 7) is 3.72. The van der Waals surface area contributed by atoms with E-state index in [4.69, 9.17) is 0 Å². The highest BCUT2D eigenvalue weighted by atomic mass is 16.3. The first-order valence-corrected chi connectivity index (χ1v) is 5.39. The third-order valence-corrected chi connectivity index (χ3v) is 3.55. The van der Waals surface area contributed by atoms with Crippen molar-refractivity contribution in [3.63, 3.8) is 0 Å². The number of allylic oxidation sites excluding steroid dienone is 2. The van der Waals surface area contributed by atoms with Crippen molar-refractivity contribution in [1.29, 1.82) is 0 Å². The summed E-state index contributed by atoms with van der Waals surface area (Å²) in [5.41, 5.74) is 1.37. The normalized spacial score (nSPS) is 41.7. The lowest BCUT2D eigenvalue weighted by molar-refractivity contribution is 0.115. The molecule has 0 amide bonds. The van der Waals surface area contributed by atoms with E-state index in [2.05, 4.69) is 12.7 Å². The van der Waals surface area contributed by atoms with Crippen LogP contribution in [0.3, 0.4) is 0 Å². The lowest BCUT2D eigenvalue weighted by Crippen LogP contribution is -2.24. The van der Waals surface area contributed by atoms with Crippen LogP contribution in [0.2, 0.25) is 0 Å². The molecule has 0 bridgehead atoms. The molecule has 0 radical (unpaired) electrons. The van der Waals surface area contributed by atoms with Crippen molar-refractivity contribution < 1.29 is 10.2 Å². The van der Waals surface area contributed by atoms with Gasteiger partial charge in [-0.25, -0.2) is 0 Å². The predicted octanol–water partition coefficient (Wildman–Crippen LogP) is 1.64. The summed E-state index contributed by atoms with van der Waals surface area (Å²) < 4.78 is 0. The van der Waals surface area contributed by atoms with Gasteiger partial charge in [0.2, 0.25) is 0 Å². The third-order valence-electron chi connectivity index (χ3n) is 3.55. The van der Waals surface area contributed by atoms with Crippen LogP contribution >= 0.6 is 0 Å². The largest absolute Gasteiger partial charge is 0.393 e. The molecule has 0 heterocycles. The van der Waals surface area contributed by atoms with Crippen molar-refractivity contribution in [3.8, 4) is 0 Å². The van der Waals surface area contributed by atoms with Gasteiger partial charge >= 0.3 is 0 Å². The standard InChI is InChI=1S/C12H18O2/c1-2-3-8-4-5-9-10(6-8)12(14)7-11(9)13/h2,6,9-14H,1,3-5,7H2. The fraction of sp³-hybridized carbons (Fsp3) is 0.667. The highest BCUT2D eigenvalue weighted by Gasteiger charge is 2.41. The second-order valence-corrected chi connectivity index (χ2v) is 4.47. The van der Waals surface area contributed by atoms with Gasteiger partial charge in [0.25, 0.3) is 0 Å². The second-order valence-electron chi connectivity index (χ2n) is 4.47. The Bertz CT molecular complexity index is 257. The van der Waals surface area contributed by atoms with Crippen molar-refractivity contribution in [1.82, 2.24) is 0 Å². The number of aliphatic hydroxyl groups excluding tert-OH is 2. The Balaban J connectivity index is 2.13. The van der Waals surface area contributed by atoms with Gasteiger partial charge in [0.05, 0.1) is 12.2 Å². The van der Waals surface area contributed by atoms with Gasteiger partial charge in [-0.05, 0) is 25.2 Å². The minimum absolute atomic E-state index is 0.189. The van der Waals surface area contributed by atoms with Crippen molar-refractivity contribution in [2.24, 2.45) is 11.8 Å². The lowest BCUT2D eigenvalue weighted by atomic mass is 9.81. The van der Waals surface area contributed by atoms with Crippen molar-refractivity contribution in [3.05, 3.63) is 24.3 Å². The topological polar surface area (TPSA) is 40.5 Å². The molecule has 14 heavy (non-hydrogen) atoms. The molecule has 2 aliphatic carbocycles. The van der Waals surface area contributed by atoms with E-state index < -0.39 is 0 Å². The zero-order valence-electron chi connectivity index (χ0n) is 8.39. The first kappa shape index (κ1) is 9.94. The van der Waals surface area contributed by atoms with Crippen LogP contribution in [0.25, 0.3) is 0 Å². The molecule has 0 aromatic heterocycles. The summed E-state index contributed by atoms with van der Waals surface area (Å²) in [5.74, 6) is 0.479. The van der Waals surface area contributed by atoms with Crippen LogP contribution in [-0.4, -0.2) is 22.4 Å². The fourth-order valence-corrected chi connectivity index (χ4v) is 2.80. The average Bonchev–Trinajstić information content (AvgIpc) is 2.43. The van der Waals surface area contributed by atoms with Crippen LogP contribution in [0.15, 0.2) is 24.3 Å². The summed E-state index contributed by atoms with van der Waals surface area (Å²) in [6, 6.07) is 0. The van der Waals surface area contributed by atoms with E-state index >= 15 is 0 Å². The molecule has 4 atom stereocenters. The average molecular weight is 194 g/mol. The first-order chi connectivity index (χ1) is 6.72. The second kappa shape index (κ2) is 3.87. The van der Waals surface area contributed by atoms with E-state index in [1.807, 2.05) is 6.08 Å². The summed E-state index contributed by atoms with van der Waals surface area (Å²) in [7, 11) is 0. The molecule has 1 saturated carbocycles. The number of hydrogen-bond acceptors (Lipinski definition) is 2. The molecule has 0 saturated heterocycles. The van der Waals surface area contributed by atoms with Crippen molar-refractivity contribution in [2.45, 2.75) is 37.9 Å². The predicted molar refractivity (Wildman–Crippen MR) is 55.7 cm³/mol. The van der Waals surface area contributed by atoms with E-state index in [0.717, 1.165) is 19.3 Å². The highest BCUT2D eigenvalue weighted by molar-refractivity contribution is 5.16. The zero-order valence-corrected chi connectivity index (χ0v) is 8.39. The van der Waals surface area contributed by atoms with Gasteiger partial charge in [-0.2, -0.15) is 0 Å². The maximum absolute atomic E-state index is 9.75. The van der Waals surface area contributed by atoms with E-state index in [9.17, 15) is 10.2 Å². The van der Waals surface area contributed by atoms with Crippen LogP contribution in [0.4, 0.5) is 0 Å².